The zero-order valence-electron chi connectivity index (χ0n) is 9.89. The topological polar surface area (TPSA) is 17.1 Å². The van der Waals surface area contributed by atoms with Crippen molar-refractivity contribution in [1.29, 1.82) is 0 Å². The Morgan fingerprint density at radius 2 is 1.94 bits per heavy atom. The predicted molar refractivity (Wildman–Crippen MR) is 68.4 cm³/mol. The van der Waals surface area contributed by atoms with Gasteiger partial charge in [-0.3, -0.25) is 4.79 Å². The van der Waals surface area contributed by atoms with Gasteiger partial charge in [0.2, 0.25) is 0 Å². The number of hydrogen-bond donors (Lipinski definition) is 0. The first-order valence-corrected chi connectivity index (χ1v) is 5.58. The lowest BCUT2D eigenvalue weighted by atomic mass is 9.93. The molecule has 0 amide bonds. The van der Waals surface area contributed by atoms with Crippen molar-refractivity contribution in [3.8, 4) is 0 Å². The standard InChI is InChI=1S/C15H18O/c1-3-4-6-11-15(12-13(2)16)14-9-7-5-8-10-14/h3-11,15H,12H2,1-2H3/b4-3-,11-6-. The van der Waals surface area contributed by atoms with E-state index in [0.29, 0.717) is 6.42 Å². The van der Waals surface area contributed by atoms with E-state index in [9.17, 15) is 4.79 Å². The summed E-state index contributed by atoms with van der Waals surface area (Å²) in [6.45, 7) is 3.62. The normalized spacial score (nSPS) is 13.4. The van der Waals surface area contributed by atoms with Crippen LogP contribution in [0.25, 0.3) is 0 Å². The van der Waals surface area contributed by atoms with Crippen LogP contribution in [0.15, 0.2) is 54.6 Å². The molecule has 1 nitrogen and oxygen atoms in total. The zero-order chi connectivity index (χ0) is 11.8. The Labute approximate surface area is 97.5 Å². The van der Waals surface area contributed by atoms with Gasteiger partial charge in [0.1, 0.15) is 5.78 Å². The summed E-state index contributed by atoms with van der Waals surface area (Å²) in [5, 5.41) is 0. The van der Waals surface area contributed by atoms with Crippen LogP contribution in [0.3, 0.4) is 0 Å². The summed E-state index contributed by atoms with van der Waals surface area (Å²) < 4.78 is 0. The maximum absolute atomic E-state index is 11.2. The molecule has 0 heterocycles. The molecule has 0 spiro atoms. The minimum absolute atomic E-state index is 0.190. The number of benzene rings is 1. The van der Waals surface area contributed by atoms with Crippen LogP contribution in [0.1, 0.15) is 31.7 Å². The van der Waals surface area contributed by atoms with Gasteiger partial charge in [0.05, 0.1) is 0 Å². The molecule has 0 N–H and O–H groups in total. The van der Waals surface area contributed by atoms with Crippen LogP contribution in [-0.2, 0) is 4.79 Å². The number of rotatable bonds is 5. The fourth-order valence-electron chi connectivity index (χ4n) is 1.62. The van der Waals surface area contributed by atoms with Crippen LogP contribution in [0.2, 0.25) is 0 Å². The average molecular weight is 214 g/mol. The van der Waals surface area contributed by atoms with Gasteiger partial charge in [-0.2, -0.15) is 0 Å². The summed E-state index contributed by atoms with van der Waals surface area (Å²) in [5.74, 6) is 0.411. The minimum atomic E-state index is 0.190. The molecular formula is C15H18O. The highest BCUT2D eigenvalue weighted by atomic mass is 16.1. The van der Waals surface area contributed by atoms with Crippen LogP contribution >= 0.6 is 0 Å². The molecule has 1 rings (SSSR count). The number of allylic oxidation sites excluding steroid dienone is 4. The van der Waals surface area contributed by atoms with E-state index >= 15 is 0 Å². The third kappa shape index (κ3) is 4.26. The van der Waals surface area contributed by atoms with Gasteiger partial charge in [-0.15, -0.1) is 0 Å². The Bertz CT molecular complexity index is 374. The van der Waals surface area contributed by atoms with Gasteiger partial charge in [-0.05, 0) is 19.4 Å². The van der Waals surface area contributed by atoms with Crippen molar-refractivity contribution in [3.63, 3.8) is 0 Å². The summed E-state index contributed by atoms with van der Waals surface area (Å²) in [4.78, 5) is 11.2. The van der Waals surface area contributed by atoms with Crippen LogP contribution in [-0.4, -0.2) is 5.78 Å². The van der Waals surface area contributed by atoms with E-state index < -0.39 is 0 Å². The number of carbonyl (C=O) groups is 1. The highest BCUT2D eigenvalue weighted by Crippen LogP contribution is 2.21. The average Bonchev–Trinajstić information content (AvgIpc) is 2.29. The molecule has 0 bridgehead atoms. The van der Waals surface area contributed by atoms with Crippen LogP contribution in [0.5, 0.6) is 0 Å². The molecule has 1 unspecified atom stereocenters. The second-order valence-corrected chi connectivity index (χ2v) is 3.83. The summed E-state index contributed by atoms with van der Waals surface area (Å²) in [6, 6.07) is 10.1. The lowest BCUT2D eigenvalue weighted by molar-refractivity contribution is -0.117. The van der Waals surface area contributed by atoms with E-state index in [0.717, 1.165) is 0 Å². The number of Topliss-reactive ketones (excluding diaryl/α,β-unsaturated/α-hetero) is 1. The SMILES string of the molecule is C/C=C\C=C/C(CC(C)=O)c1ccccc1. The largest absolute Gasteiger partial charge is 0.300 e. The molecule has 16 heavy (non-hydrogen) atoms. The van der Waals surface area contributed by atoms with Crippen molar-refractivity contribution in [2.75, 3.05) is 0 Å². The minimum Gasteiger partial charge on any atom is -0.300 e. The Morgan fingerprint density at radius 1 is 1.25 bits per heavy atom. The van der Waals surface area contributed by atoms with Crippen LogP contribution in [0.4, 0.5) is 0 Å². The molecule has 0 saturated carbocycles. The fourth-order valence-corrected chi connectivity index (χ4v) is 1.62. The van der Waals surface area contributed by atoms with Crippen molar-refractivity contribution in [2.24, 2.45) is 0 Å². The molecule has 0 aliphatic rings. The molecule has 1 heteroatoms. The molecule has 1 atom stereocenters. The van der Waals surface area contributed by atoms with Gasteiger partial charge < -0.3 is 0 Å². The molecular weight excluding hydrogens is 196 g/mol. The maximum atomic E-state index is 11.2. The molecule has 1 aromatic rings. The molecule has 0 radical (unpaired) electrons. The predicted octanol–water partition coefficient (Wildman–Crippen LogP) is 3.88. The molecule has 0 saturated heterocycles. The molecule has 1 aromatic carbocycles. The van der Waals surface area contributed by atoms with Crippen molar-refractivity contribution >= 4 is 5.78 Å². The van der Waals surface area contributed by atoms with E-state index in [1.807, 2.05) is 43.4 Å². The number of hydrogen-bond acceptors (Lipinski definition) is 1. The molecule has 0 aromatic heterocycles. The van der Waals surface area contributed by atoms with E-state index in [1.54, 1.807) is 6.92 Å². The quantitative estimate of drug-likeness (QED) is 0.680. The second kappa shape index (κ2) is 6.78. The highest BCUT2D eigenvalue weighted by Gasteiger charge is 2.09. The zero-order valence-corrected chi connectivity index (χ0v) is 9.89. The molecule has 0 fully saturated rings. The van der Waals surface area contributed by atoms with Crippen LogP contribution < -0.4 is 0 Å². The van der Waals surface area contributed by atoms with Crippen molar-refractivity contribution in [2.45, 2.75) is 26.2 Å². The van der Waals surface area contributed by atoms with Gasteiger partial charge in [0.25, 0.3) is 0 Å². The maximum Gasteiger partial charge on any atom is 0.130 e. The van der Waals surface area contributed by atoms with Gasteiger partial charge in [-0.25, -0.2) is 0 Å². The van der Waals surface area contributed by atoms with Crippen molar-refractivity contribution < 1.29 is 4.79 Å². The van der Waals surface area contributed by atoms with Crippen LogP contribution in [0, 0.1) is 0 Å². The van der Waals surface area contributed by atoms with Crippen molar-refractivity contribution in [3.05, 3.63) is 60.2 Å². The number of ketones is 1. The van der Waals surface area contributed by atoms with E-state index in [4.69, 9.17) is 0 Å². The van der Waals surface area contributed by atoms with E-state index in [-0.39, 0.29) is 11.7 Å². The summed E-state index contributed by atoms with van der Waals surface area (Å²) in [7, 11) is 0. The Balaban J connectivity index is 2.83. The first-order valence-electron chi connectivity index (χ1n) is 5.58. The molecule has 0 aliphatic carbocycles. The van der Waals surface area contributed by atoms with Gasteiger partial charge in [0, 0.05) is 12.3 Å². The van der Waals surface area contributed by atoms with Crippen molar-refractivity contribution in [1.82, 2.24) is 0 Å². The highest BCUT2D eigenvalue weighted by molar-refractivity contribution is 5.76. The second-order valence-electron chi connectivity index (χ2n) is 3.83. The third-order valence-corrected chi connectivity index (χ3v) is 2.38. The number of carbonyl (C=O) groups excluding carboxylic acids is 1. The lowest BCUT2D eigenvalue weighted by Gasteiger charge is -2.10. The smallest absolute Gasteiger partial charge is 0.130 e. The Kier molecular flexibility index (Phi) is 5.27. The lowest BCUT2D eigenvalue weighted by Crippen LogP contribution is -2.01. The van der Waals surface area contributed by atoms with E-state index in [2.05, 4.69) is 18.2 Å². The Morgan fingerprint density at radius 3 is 2.50 bits per heavy atom. The summed E-state index contributed by atoms with van der Waals surface area (Å²) in [6.07, 6.45) is 8.61. The van der Waals surface area contributed by atoms with Gasteiger partial charge in [-0.1, -0.05) is 54.6 Å². The van der Waals surface area contributed by atoms with Gasteiger partial charge in [0.15, 0.2) is 0 Å². The van der Waals surface area contributed by atoms with E-state index in [1.165, 1.54) is 5.56 Å². The summed E-state index contributed by atoms with van der Waals surface area (Å²) in [5.41, 5.74) is 1.19. The first kappa shape index (κ1) is 12.4. The monoisotopic (exact) mass is 214 g/mol. The summed E-state index contributed by atoms with van der Waals surface area (Å²) >= 11 is 0. The molecule has 84 valence electrons. The molecule has 0 aliphatic heterocycles. The van der Waals surface area contributed by atoms with Gasteiger partial charge >= 0.3 is 0 Å². The Hall–Kier alpha value is -1.63. The third-order valence-electron chi connectivity index (χ3n) is 2.38. The fraction of sp³-hybridized carbons (Fsp3) is 0.267. The first-order chi connectivity index (χ1) is 7.74.